The van der Waals surface area contributed by atoms with E-state index in [2.05, 4.69) is 17.4 Å². The lowest BCUT2D eigenvalue weighted by Gasteiger charge is -2.39. The van der Waals surface area contributed by atoms with Crippen molar-refractivity contribution in [1.82, 2.24) is 10.2 Å². The van der Waals surface area contributed by atoms with Gasteiger partial charge in [-0.15, -0.1) is 0 Å². The predicted molar refractivity (Wildman–Crippen MR) is 71.4 cm³/mol. The number of nitrogens with zero attached hydrogens (tertiary/aromatic N) is 1. The number of hydrogen-bond donors (Lipinski definition) is 1. The smallest absolute Gasteiger partial charge is 0.230 e. The van der Waals surface area contributed by atoms with Crippen LogP contribution in [0, 0.1) is 0 Å². The van der Waals surface area contributed by atoms with E-state index in [0.29, 0.717) is 5.91 Å². The van der Waals surface area contributed by atoms with Crippen LogP contribution in [0.4, 0.5) is 0 Å². The Morgan fingerprint density at radius 2 is 1.89 bits per heavy atom. The average Bonchev–Trinajstić information content (AvgIpc) is 2.67. The lowest BCUT2D eigenvalue weighted by Crippen LogP contribution is -2.50. The number of amides is 1. The Morgan fingerprint density at radius 1 is 1.22 bits per heavy atom. The second-order valence-electron chi connectivity index (χ2n) is 5.54. The Kier molecular flexibility index (Phi) is 2.86. The van der Waals surface area contributed by atoms with Gasteiger partial charge >= 0.3 is 0 Å². The lowest BCUT2D eigenvalue weighted by atomic mass is 9.82. The molecule has 0 aromatic heterocycles. The van der Waals surface area contributed by atoms with Crippen molar-refractivity contribution in [1.29, 1.82) is 0 Å². The fourth-order valence-electron chi connectivity index (χ4n) is 3.45. The summed E-state index contributed by atoms with van der Waals surface area (Å²) < 4.78 is 0. The lowest BCUT2D eigenvalue weighted by molar-refractivity contribution is -0.131. The number of rotatable bonds is 1. The van der Waals surface area contributed by atoms with Crippen LogP contribution in [0.5, 0.6) is 0 Å². The molecule has 1 unspecified atom stereocenters. The molecule has 3 rings (SSSR count). The molecule has 1 aromatic carbocycles. The number of likely N-dealkylation sites (N-methyl/N-ethyl adjacent to an activating group) is 1. The van der Waals surface area contributed by atoms with Gasteiger partial charge in [-0.1, -0.05) is 30.3 Å². The van der Waals surface area contributed by atoms with E-state index < -0.39 is 0 Å². The van der Waals surface area contributed by atoms with Gasteiger partial charge in [0.25, 0.3) is 0 Å². The highest BCUT2D eigenvalue weighted by Gasteiger charge is 2.49. The molecule has 2 fully saturated rings. The first kappa shape index (κ1) is 11.7. The van der Waals surface area contributed by atoms with Crippen molar-refractivity contribution in [3.8, 4) is 0 Å². The Bertz CT molecular complexity index is 437. The van der Waals surface area contributed by atoms with Gasteiger partial charge in [-0.25, -0.2) is 0 Å². The molecule has 0 saturated carbocycles. The number of piperidine rings is 1. The highest BCUT2D eigenvalue weighted by Crippen LogP contribution is 2.43. The van der Waals surface area contributed by atoms with Crippen molar-refractivity contribution in [3.63, 3.8) is 0 Å². The maximum Gasteiger partial charge on any atom is 0.230 e. The van der Waals surface area contributed by atoms with E-state index in [9.17, 15) is 4.79 Å². The summed E-state index contributed by atoms with van der Waals surface area (Å²) in [6.07, 6.45) is 3.14. The molecule has 0 radical (unpaired) electrons. The molecule has 0 aliphatic carbocycles. The predicted octanol–water partition coefficient (Wildman–Crippen LogP) is 1.75. The first-order chi connectivity index (χ1) is 8.73. The zero-order valence-electron chi connectivity index (χ0n) is 10.9. The summed E-state index contributed by atoms with van der Waals surface area (Å²) in [4.78, 5) is 14.5. The highest BCUT2D eigenvalue weighted by molar-refractivity contribution is 5.87. The largest absolute Gasteiger partial charge is 0.339 e. The van der Waals surface area contributed by atoms with Crippen molar-refractivity contribution in [3.05, 3.63) is 35.9 Å². The molecule has 18 heavy (non-hydrogen) atoms. The van der Waals surface area contributed by atoms with Crippen LogP contribution in [0.3, 0.4) is 0 Å². The van der Waals surface area contributed by atoms with Crippen LogP contribution in [-0.4, -0.2) is 36.5 Å². The fraction of sp³-hybridized carbons (Fsp3) is 0.533. The van der Waals surface area contributed by atoms with Crippen LogP contribution >= 0.6 is 0 Å². The topological polar surface area (TPSA) is 32.3 Å². The first-order valence-electron chi connectivity index (χ1n) is 6.76. The molecule has 2 heterocycles. The summed E-state index contributed by atoms with van der Waals surface area (Å²) in [5, 5.41) is 3.39. The van der Waals surface area contributed by atoms with Crippen LogP contribution in [0.25, 0.3) is 0 Å². The fourth-order valence-corrected chi connectivity index (χ4v) is 3.45. The summed E-state index contributed by atoms with van der Waals surface area (Å²) in [6.45, 7) is 2.05. The molecule has 3 nitrogen and oxygen atoms in total. The molecule has 2 aliphatic heterocycles. The van der Waals surface area contributed by atoms with Crippen molar-refractivity contribution in [2.75, 3.05) is 20.1 Å². The molecule has 0 bridgehead atoms. The van der Waals surface area contributed by atoms with E-state index in [1.54, 1.807) is 0 Å². The maximum atomic E-state index is 12.5. The summed E-state index contributed by atoms with van der Waals surface area (Å²) in [5.41, 5.74) is 1.27. The van der Waals surface area contributed by atoms with Gasteiger partial charge in [-0.05, 0) is 37.9 Å². The summed E-state index contributed by atoms with van der Waals surface area (Å²) >= 11 is 0. The molecular formula is C15H20N2O. The quantitative estimate of drug-likeness (QED) is 0.816. The maximum absolute atomic E-state index is 12.5. The number of nitrogens with one attached hydrogen (secondary N) is 1. The SMILES string of the molecule is CN1C(=O)C(c2ccccc2)CC12CCNCC2. The molecule has 1 aromatic rings. The van der Waals surface area contributed by atoms with Gasteiger partial charge < -0.3 is 10.2 Å². The molecule has 2 saturated heterocycles. The van der Waals surface area contributed by atoms with Crippen LogP contribution in [-0.2, 0) is 4.79 Å². The first-order valence-corrected chi connectivity index (χ1v) is 6.76. The van der Waals surface area contributed by atoms with Gasteiger partial charge in [0.05, 0.1) is 5.92 Å². The number of benzene rings is 1. The standard InChI is InChI=1S/C15H20N2O/c1-17-14(18)13(12-5-3-2-4-6-12)11-15(17)7-9-16-10-8-15/h2-6,13,16H,7-11H2,1H3. The van der Waals surface area contributed by atoms with E-state index in [1.165, 1.54) is 5.56 Å². The number of likely N-dealkylation sites (tertiary alicyclic amines) is 1. The molecule has 96 valence electrons. The number of carbonyl (C=O) groups is 1. The molecule has 3 heteroatoms. The van der Waals surface area contributed by atoms with Gasteiger partial charge in [0, 0.05) is 12.6 Å². The van der Waals surface area contributed by atoms with Crippen LogP contribution in [0.15, 0.2) is 30.3 Å². The normalized spacial score (nSPS) is 26.8. The van der Waals surface area contributed by atoms with Crippen molar-refractivity contribution >= 4 is 5.91 Å². The third-order valence-electron chi connectivity index (χ3n) is 4.66. The van der Waals surface area contributed by atoms with E-state index in [4.69, 9.17) is 0 Å². The van der Waals surface area contributed by atoms with Crippen LogP contribution in [0.1, 0.15) is 30.7 Å². The number of carbonyl (C=O) groups excluding carboxylic acids is 1. The summed E-state index contributed by atoms with van der Waals surface area (Å²) in [7, 11) is 1.98. The summed E-state index contributed by atoms with van der Waals surface area (Å²) in [6, 6.07) is 10.2. The van der Waals surface area contributed by atoms with Crippen molar-refractivity contribution in [2.45, 2.75) is 30.7 Å². The average molecular weight is 244 g/mol. The Morgan fingerprint density at radius 3 is 2.56 bits per heavy atom. The van der Waals surface area contributed by atoms with E-state index in [0.717, 1.165) is 32.4 Å². The summed E-state index contributed by atoms with van der Waals surface area (Å²) in [5.74, 6) is 0.359. The number of hydrogen-bond acceptors (Lipinski definition) is 2. The second kappa shape index (κ2) is 4.39. The minimum absolute atomic E-state index is 0.0642. The molecule has 2 aliphatic rings. The highest BCUT2D eigenvalue weighted by atomic mass is 16.2. The van der Waals surface area contributed by atoms with E-state index in [-0.39, 0.29) is 11.5 Å². The molecule has 1 atom stereocenters. The molecule has 1 amide bonds. The Balaban J connectivity index is 1.89. The zero-order valence-corrected chi connectivity index (χ0v) is 10.9. The molecule has 1 spiro atoms. The Hall–Kier alpha value is -1.35. The van der Waals surface area contributed by atoms with Crippen molar-refractivity contribution in [2.24, 2.45) is 0 Å². The minimum atomic E-state index is 0.0642. The van der Waals surface area contributed by atoms with Gasteiger partial charge in [-0.3, -0.25) is 4.79 Å². The van der Waals surface area contributed by atoms with Crippen molar-refractivity contribution < 1.29 is 4.79 Å². The van der Waals surface area contributed by atoms with E-state index in [1.807, 2.05) is 30.1 Å². The minimum Gasteiger partial charge on any atom is -0.339 e. The third-order valence-corrected chi connectivity index (χ3v) is 4.66. The third kappa shape index (κ3) is 1.74. The monoisotopic (exact) mass is 244 g/mol. The van der Waals surface area contributed by atoms with Gasteiger partial charge in [-0.2, -0.15) is 0 Å². The van der Waals surface area contributed by atoms with Gasteiger partial charge in [0.15, 0.2) is 0 Å². The van der Waals surface area contributed by atoms with Crippen LogP contribution < -0.4 is 5.32 Å². The second-order valence-corrected chi connectivity index (χ2v) is 5.54. The van der Waals surface area contributed by atoms with Gasteiger partial charge in [0.2, 0.25) is 5.91 Å². The van der Waals surface area contributed by atoms with E-state index >= 15 is 0 Å². The molecule has 1 N–H and O–H groups in total. The molecular weight excluding hydrogens is 224 g/mol. The Labute approximate surface area is 108 Å². The van der Waals surface area contributed by atoms with Gasteiger partial charge in [0.1, 0.15) is 0 Å². The zero-order chi connectivity index (χ0) is 12.6. The van der Waals surface area contributed by atoms with Crippen LogP contribution in [0.2, 0.25) is 0 Å².